The highest BCUT2D eigenvalue weighted by atomic mass is 16.1. The second kappa shape index (κ2) is 6.08. The Kier molecular flexibility index (Phi) is 3.97. The van der Waals surface area contributed by atoms with Crippen molar-refractivity contribution in [3.05, 3.63) is 59.2 Å². The van der Waals surface area contributed by atoms with Crippen LogP contribution in [0.2, 0.25) is 0 Å². The van der Waals surface area contributed by atoms with Gasteiger partial charge in [-0.25, -0.2) is 10.0 Å². The quantitative estimate of drug-likeness (QED) is 0.696. The van der Waals surface area contributed by atoms with Gasteiger partial charge in [-0.1, -0.05) is 35.1 Å². The Bertz CT molecular complexity index is 741. The second-order valence-electron chi connectivity index (χ2n) is 5.70. The first-order valence-corrected chi connectivity index (χ1v) is 7.43. The highest BCUT2D eigenvalue weighted by molar-refractivity contribution is 5.65. The zero-order valence-electron chi connectivity index (χ0n) is 13.2. The largest absolute Gasteiger partial charge is 0.399 e. The number of rotatable bonds is 4. The number of hydrogen-bond acceptors (Lipinski definition) is 6. The first kappa shape index (κ1) is 15.0. The molecule has 0 fully saturated rings. The van der Waals surface area contributed by atoms with E-state index in [9.17, 15) is 4.79 Å². The lowest BCUT2D eigenvalue weighted by Crippen LogP contribution is -2.39. The van der Waals surface area contributed by atoms with Crippen molar-refractivity contribution in [1.29, 1.82) is 0 Å². The minimum atomic E-state index is -0.546. The van der Waals surface area contributed by atoms with Crippen LogP contribution >= 0.6 is 0 Å². The number of nitrogens with two attached hydrogens (primary N) is 1. The molecule has 1 atom stereocenters. The van der Waals surface area contributed by atoms with E-state index in [1.165, 1.54) is 0 Å². The van der Waals surface area contributed by atoms with Crippen molar-refractivity contribution in [3.63, 3.8) is 0 Å². The van der Waals surface area contributed by atoms with Crippen LogP contribution in [0.4, 0.5) is 11.4 Å². The van der Waals surface area contributed by atoms with Gasteiger partial charge in [0.2, 0.25) is 0 Å². The number of nitrogens with zero attached hydrogens (tertiary/aromatic N) is 4. The van der Waals surface area contributed by atoms with Gasteiger partial charge in [0.25, 0.3) is 0 Å². The lowest BCUT2D eigenvalue weighted by atomic mass is 10.1. The minimum absolute atomic E-state index is 0.496. The van der Waals surface area contributed by atoms with Crippen LogP contribution in [0, 0.1) is 13.8 Å². The number of carbonyl (C=O) groups excluding carboxylic acids is 1. The van der Waals surface area contributed by atoms with E-state index < -0.39 is 6.17 Å². The van der Waals surface area contributed by atoms with Gasteiger partial charge in [-0.3, -0.25) is 4.79 Å². The number of aldehydes is 1. The number of benzene rings is 2. The number of nitrogen functional groups attached to an aromatic ring is 1. The predicted molar refractivity (Wildman–Crippen MR) is 89.5 cm³/mol. The van der Waals surface area contributed by atoms with E-state index in [0.717, 1.165) is 34.4 Å². The fraction of sp³-hybridized carbons (Fsp3) is 0.235. The molecule has 23 heavy (non-hydrogen) atoms. The summed E-state index contributed by atoms with van der Waals surface area (Å²) in [5.74, 6) is 0. The molecule has 6 nitrogen and oxygen atoms in total. The van der Waals surface area contributed by atoms with Gasteiger partial charge in [0, 0.05) is 5.69 Å². The molecule has 2 aromatic rings. The van der Waals surface area contributed by atoms with Crippen LogP contribution in [-0.2, 0) is 11.3 Å². The summed E-state index contributed by atoms with van der Waals surface area (Å²) in [6.45, 7) is 4.47. The molecule has 1 aliphatic heterocycles. The summed E-state index contributed by atoms with van der Waals surface area (Å²) in [5.41, 5.74) is 10.6. The highest BCUT2D eigenvalue weighted by Crippen LogP contribution is 2.26. The van der Waals surface area contributed by atoms with Crippen molar-refractivity contribution >= 4 is 17.7 Å². The monoisotopic (exact) mass is 309 g/mol. The smallest absolute Gasteiger partial charge is 0.198 e. The lowest BCUT2D eigenvalue weighted by Gasteiger charge is -2.23. The van der Waals surface area contributed by atoms with Crippen molar-refractivity contribution < 1.29 is 4.79 Å². The Balaban J connectivity index is 1.79. The van der Waals surface area contributed by atoms with Crippen LogP contribution in [0.3, 0.4) is 0 Å². The molecule has 0 aromatic heterocycles. The van der Waals surface area contributed by atoms with Crippen molar-refractivity contribution in [2.24, 2.45) is 10.4 Å². The Hall–Kier alpha value is -2.89. The highest BCUT2D eigenvalue weighted by Gasteiger charge is 2.30. The molecule has 0 bridgehead atoms. The van der Waals surface area contributed by atoms with Crippen LogP contribution in [0.1, 0.15) is 16.7 Å². The molecule has 1 unspecified atom stereocenters. The zero-order chi connectivity index (χ0) is 16.4. The van der Waals surface area contributed by atoms with E-state index in [4.69, 9.17) is 5.73 Å². The third-order valence-electron chi connectivity index (χ3n) is 3.91. The summed E-state index contributed by atoms with van der Waals surface area (Å²) in [6, 6.07) is 13.6. The van der Waals surface area contributed by atoms with E-state index >= 15 is 0 Å². The maximum absolute atomic E-state index is 11.6. The molecule has 2 N–H and O–H groups in total. The molecule has 0 amide bonds. The van der Waals surface area contributed by atoms with Crippen LogP contribution in [0.5, 0.6) is 0 Å². The Morgan fingerprint density at radius 1 is 1.13 bits per heavy atom. The van der Waals surface area contributed by atoms with Gasteiger partial charge in [-0.05, 0) is 48.4 Å². The zero-order valence-corrected chi connectivity index (χ0v) is 13.2. The molecule has 0 aliphatic carbocycles. The fourth-order valence-corrected chi connectivity index (χ4v) is 2.50. The van der Waals surface area contributed by atoms with Crippen molar-refractivity contribution in [1.82, 2.24) is 5.01 Å². The van der Waals surface area contributed by atoms with E-state index in [-0.39, 0.29) is 0 Å². The molecule has 0 radical (unpaired) electrons. The van der Waals surface area contributed by atoms with Gasteiger partial charge in [0.05, 0.1) is 12.2 Å². The average molecular weight is 309 g/mol. The van der Waals surface area contributed by atoms with Gasteiger partial charge in [-0.15, -0.1) is 0 Å². The number of anilines is 2. The second-order valence-corrected chi connectivity index (χ2v) is 5.70. The number of carbonyl (C=O) groups is 1. The van der Waals surface area contributed by atoms with E-state index in [0.29, 0.717) is 6.54 Å². The molecule has 6 heteroatoms. The standard InChI is InChI=1S/C17H19N5O/c1-12-3-6-15(7-4-12)22-17(11-23)21(19-20-22)10-14-5-8-16(18)13(2)9-14/h3-9,11,17H,10,18H2,1-2H3. The SMILES string of the molecule is Cc1ccc(N2N=NN(Cc3ccc(N)c(C)c3)C2C=O)cc1. The molecule has 1 heterocycles. The molecule has 118 valence electrons. The van der Waals surface area contributed by atoms with Gasteiger partial charge < -0.3 is 5.73 Å². The van der Waals surface area contributed by atoms with Crippen LogP contribution in [-0.4, -0.2) is 17.5 Å². The Morgan fingerprint density at radius 3 is 2.52 bits per heavy atom. The van der Waals surface area contributed by atoms with Crippen LogP contribution in [0.15, 0.2) is 52.9 Å². The van der Waals surface area contributed by atoms with Crippen molar-refractivity contribution in [3.8, 4) is 0 Å². The third kappa shape index (κ3) is 3.01. The molecule has 0 spiro atoms. The van der Waals surface area contributed by atoms with Gasteiger partial charge in [0.15, 0.2) is 12.5 Å². The van der Waals surface area contributed by atoms with Crippen LogP contribution in [0.25, 0.3) is 0 Å². The molecule has 3 rings (SSSR count). The van der Waals surface area contributed by atoms with E-state index in [2.05, 4.69) is 10.4 Å². The van der Waals surface area contributed by atoms with Crippen molar-refractivity contribution in [2.45, 2.75) is 26.6 Å². The van der Waals surface area contributed by atoms with E-state index in [1.54, 1.807) is 10.0 Å². The molecule has 1 aliphatic rings. The van der Waals surface area contributed by atoms with Crippen LogP contribution < -0.4 is 10.7 Å². The normalized spacial score (nSPS) is 16.9. The molecule has 0 saturated heterocycles. The van der Waals surface area contributed by atoms with Gasteiger partial charge in [-0.2, -0.15) is 0 Å². The van der Waals surface area contributed by atoms with Gasteiger partial charge in [0.1, 0.15) is 0 Å². The first-order valence-electron chi connectivity index (χ1n) is 7.43. The summed E-state index contributed by atoms with van der Waals surface area (Å²) < 4.78 is 0. The summed E-state index contributed by atoms with van der Waals surface area (Å²) in [4.78, 5) is 11.6. The molecular formula is C17H19N5O. The molecule has 2 aromatic carbocycles. The Morgan fingerprint density at radius 2 is 1.87 bits per heavy atom. The van der Waals surface area contributed by atoms with Crippen molar-refractivity contribution in [2.75, 3.05) is 10.7 Å². The number of aryl methyl sites for hydroxylation is 2. The van der Waals surface area contributed by atoms with Gasteiger partial charge >= 0.3 is 0 Å². The first-order chi connectivity index (χ1) is 11.1. The maximum atomic E-state index is 11.6. The van der Waals surface area contributed by atoms with E-state index in [1.807, 2.05) is 56.3 Å². The summed E-state index contributed by atoms with van der Waals surface area (Å²) in [5, 5.41) is 11.6. The molecular weight excluding hydrogens is 290 g/mol. The predicted octanol–water partition coefficient (Wildman–Crippen LogP) is 3.02. The summed E-state index contributed by atoms with van der Waals surface area (Å²) in [6.07, 6.45) is 0.305. The average Bonchev–Trinajstić information content (AvgIpc) is 2.94. The molecule has 0 saturated carbocycles. The topological polar surface area (TPSA) is 74.3 Å². The fourth-order valence-electron chi connectivity index (χ4n) is 2.50. The minimum Gasteiger partial charge on any atom is -0.399 e. The summed E-state index contributed by atoms with van der Waals surface area (Å²) in [7, 11) is 0. The maximum Gasteiger partial charge on any atom is 0.198 e. The Labute approximate surface area is 135 Å². The third-order valence-corrected chi connectivity index (χ3v) is 3.91. The lowest BCUT2D eigenvalue weighted by molar-refractivity contribution is -0.111. The number of hydrogen-bond donors (Lipinski definition) is 1. The summed E-state index contributed by atoms with van der Waals surface area (Å²) >= 11 is 0.